The second kappa shape index (κ2) is 10.3. The molecule has 1 atom stereocenters. The van der Waals surface area contributed by atoms with Gasteiger partial charge in [-0.2, -0.15) is 0 Å². The topological polar surface area (TPSA) is 78.3 Å². The lowest BCUT2D eigenvalue weighted by Crippen LogP contribution is -2.17. The zero-order chi connectivity index (χ0) is 22.4. The summed E-state index contributed by atoms with van der Waals surface area (Å²) in [5.74, 6) is 1.37. The molecule has 3 aromatic rings. The fraction of sp³-hybridized carbons (Fsp3) is 0.318. The Hall–Kier alpha value is -3.07. The second-order valence-corrected chi connectivity index (χ2v) is 8.00. The highest BCUT2D eigenvalue weighted by Crippen LogP contribution is 2.28. The quantitative estimate of drug-likeness (QED) is 0.474. The Morgan fingerprint density at radius 1 is 1.10 bits per heavy atom. The van der Waals surface area contributed by atoms with Crippen LogP contribution < -0.4 is 14.8 Å². The molecule has 7 nitrogen and oxygen atoms in total. The third kappa shape index (κ3) is 5.75. The van der Waals surface area contributed by atoms with Crippen molar-refractivity contribution in [3.63, 3.8) is 0 Å². The number of anilines is 1. The van der Waals surface area contributed by atoms with E-state index in [0.717, 1.165) is 5.75 Å². The van der Waals surface area contributed by atoms with Gasteiger partial charge in [0.25, 0.3) is 0 Å². The van der Waals surface area contributed by atoms with E-state index in [2.05, 4.69) is 15.5 Å². The minimum atomic E-state index is -0.474. The minimum absolute atomic E-state index is 0.0593. The van der Waals surface area contributed by atoms with Gasteiger partial charge in [-0.15, -0.1) is 10.2 Å². The van der Waals surface area contributed by atoms with Gasteiger partial charge in [-0.05, 0) is 57.2 Å². The third-order valence-corrected chi connectivity index (χ3v) is 5.37. The Kier molecular flexibility index (Phi) is 7.51. The van der Waals surface area contributed by atoms with Crippen LogP contribution in [0.2, 0.25) is 0 Å². The van der Waals surface area contributed by atoms with Crippen molar-refractivity contribution in [2.45, 2.75) is 38.1 Å². The van der Waals surface area contributed by atoms with E-state index in [-0.39, 0.29) is 29.5 Å². The molecule has 2 aromatic carbocycles. The van der Waals surface area contributed by atoms with Gasteiger partial charge in [-0.25, -0.2) is 4.39 Å². The summed E-state index contributed by atoms with van der Waals surface area (Å²) >= 11 is 1.24. The molecular formula is C22H25FN4O3S. The monoisotopic (exact) mass is 444 g/mol. The van der Waals surface area contributed by atoms with Crippen molar-refractivity contribution in [3.05, 3.63) is 60.2 Å². The minimum Gasteiger partial charge on any atom is -0.497 e. The van der Waals surface area contributed by atoms with Crippen molar-refractivity contribution < 1.29 is 18.7 Å². The molecule has 1 unspecified atom stereocenters. The van der Waals surface area contributed by atoms with E-state index in [0.29, 0.717) is 16.7 Å². The van der Waals surface area contributed by atoms with Gasteiger partial charge < -0.3 is 19.4 Å². The summed E-state index contributed by atoms with van der Waals surface area (Å²) in [4.78, 5) is 12.3. The Morgan fingerprint density at radius 2 is 1.77 bits per heavy atom. The molecule has 0 saturated carbocycles. The van der Waals surface area contributed by atoms with Crippen LogP contribution in [0.3, 0.4) is 0 Å². The van der Waals surface area contributed by atoms with E-state index in [1.54, 1.807) is 19.2 Å². The highest BCUT2D eigenvalue weighted by molar-refractivity contribution is 7.99. The molecule has 0 fully saturated rings. The molecule has 164 valence electrons. The predicted octanol–water partition coefficient (Wildman–Crippen LogP) is 4.88. The molecule has 0 bridgehead atoms. The largest absolute Gasteiger partial charge is 0.497 e. The zero-order valence-electron chi connectivity index (χ0n) is 17.8. The van der Waals surface area contributed by atoms with Crippen molar-refractivity contribution >= 4 is 23.4 Å². The van der Waals surface area contributed by atoms with E-state index in [1.165, 1.54) is 23.9 Å². The number of nitrogens with zero attached hydrogens (tertiary/aromatic N) is 3. The fourth-order valence-electron chi connectivity index (χ4n) is 2.94. The summed E-state index contributed by atoms with van der Waals surface area (Å²) in [6.07, 6.45) is -0.357. The number of para-hydroxylation sites is 1. The molecule has 3 rings (SSSR count). The molecule has 9 heteroatoms. The number of carbonyl (C=O) groups is 1. The molecule has 1 amide bonds. The summed E-state index contributed by atoms with van der Waals surface area (Å²) in [7, 11) is 1.61. The molecule has 0 aliphatic heterocycles. The first-order valence-electron chi connectivity index (χ1n) is 9.81. The van der Waals surface area contributed by atoms with Crippen molar-refractivity contribution in [3.8, 4) is 11.5 Å². The Bertz CT molecular complexity index is 1020. The Morgan fingerprint density at radius 3 is 2.42 bits per heavy atom. The van der Waals surface area contributed by atoms with Crippen LogP contribution in [-0.2, 0) is 4.79 Å². The molecule has 0 saturated heterocycles. The average Bonchev–Trinajstić information content (AvgIpc) is 3.19. The zero-order valence-corrected chi connectivity index (χ0v) is 18.6. The van der Waals surface area contributed by atoms with E-state index in [9.17, 15) is 9.18 Å². The van der Waals surface area contributed by atoms with Crippen molar-refractivity contribution in [2.75, 3.05) is 18.2 Å². The number of hydrogen-bond donors (Lipinski definition) is 1. The summed E-state index contributed by atoms with van der Waals surface area (Å²) in [6.45, 7) is 5.92. The molecule has 31 heavy (non-hydrogen) atoms. The molecule has 0 spiro atoms. The number of benzene rings is 2. The van der Waals surface area contributed by atoms with Crippen molar-refractivity contribution in [1.82, 2.24) is 14.8 Å². The summed E-state index contributed by atoms with van der Waals surface area (Å²) in [5.41, 5.74) is 0.153. The van der Waals surface area contributed by atoms with Crippen LogP contribution in [0.1, 0.15) is 38.7 Å². The number of methoxy groups -OCH3 is 1. The first-order valence-corrected chi connectivity index (χ1v) is 10.8. The van der Waals surface area contributed by atoms with E-state index in [1.807, 2.05) is 49.6 Å². The van der Waals surface area contributed by atoms with Crippen LogP contribution in [0.15, 0.2) is 53.7 Å². The second-order valence-electron chi connectivity index (χ2n) is 7.06. The summed E-state index contributed by atoms with van der Waals surface area (Å²) < 4.78 is 26.8. The highest BCUT2D eigenvalue weighted by Gasteiger charge is 2.22. The van der Waals surface area contributed by atoms with Gasteiger partial charge in [0.15, 0.2) is 17.1 Å². The molecule has 1 N–H and O–H groups in total. The van der Waals surface area contributed by atoms with E-state index in [4.69, 9.17) is 9.47 Å². The average molecular weight is 445 g/mol. The Labute approximate surface area is 185 Å². The molecule has 1 aromatic heterocycles. The number of hydrogen-bond acceptors (Lipinski definition) is 6. The van der Waals surface area contributed by atoms with Crippen LogP contribution >= 0.6 is 11.8 Å². The van der Waals surface area contributed by atoms with Crippen LogP contribution in [0.25, 0.3) is 0 Å². The van der Waals surface area contributed by atoms with Crippen molar-refractivity contribution in [2.24, 2.45) is 0 Å². The number of aromatic nitrogens is 3. The van der Waals surface area contributed by atoms with Gasteiger partial charge in [-0.1, -0.05) is 23.9 Å². The maximum Gasteiger partial charge on any atom is 0.234 e. The van der Waals surface area contributed by atoms with Crippen LogP contribution in [0.5, 0.6) is 11.5 Å². The van der Waals surface area contributed by atoms with Crippen molar-refractivity contribution in [1.29, 1.82) is 0 Å². The smallest absolute Gasteiger partial charge is 0.234 e. The number of thioether (sulfide) groups is 1. The lowest BCUT2D eigenvalue weighted by atomic mass is 10.3. The van der Waals surface area contributed by atoms with Crippen LogP contribution in [-0.4, -0.2) is 33.5 Å². The van der Waals surface area contributed by atoms with Gasteiger partial charge in [0.2, 0.25) is 5.91 Å². The normalized spacial score (nSPS) is 11.9. The van der Waals surface area contributed by atoms with Gasteiger partial charge in [0.05, 0.1) is 18.6 Å². The Balaban J connectivity index is 1.67. The fourth-order valence-corrected chi connectivity index (χ4v) is 3.81. The molecular weight excluding hydrogens is 419 g/mol. The predicted molar refractivity (Wildman–Crippen MR) is 118 cm³/mol. The number of nitrogens with one attached hydrogen (secondary N) is 1. The van der Waals surface area contributed by atoms with Gasteiger partial charge in [0.1, 0.15) is 17.3 Å². The highest BCUT2D eigenvalue weighted by atomic mass is 32.2. The maximum atomic E-state index is 13.7. The van der Waals surface area contributed by atoms with Gasteiger partial charge >= 0.3 is 0 Å². The molecule has 0 radical (unpaired) electrons. The lowest BCUT2D eigenvalue weighted by Gasteiger charge is -2.19. The number of ether oxygens (including phenoxy) is 2. The first kappa shape index (κ1) is 22.6. The molecule has 0 aliphatic rings. The number of amides is 1. The molecule has 1 heterocycles. The summed E-state index contributed by atoms with van der Waals surface area (Å²) in [6, 6.07) is 13.4. The maximum absolute atomic E-state index is 13.7. The third-order valence-electron chi connectivity index (χ3n) is 4.42. The standard InChI is InChI=1S/C22H25FN4O3S/c1-14(2)27-21(15(3)30-17-11-9-16(29-4)10-12-17)25-26-22(27)31-13-20(28)24-19-8-6-5-7-18(19)23/h5-12,14-15H,13H2,1-4H3,(H,24,28). The summed E-state index contributed by atoms with van der Waals surface area (Å²) in [5, 5.41) is 11.7. The van der Waals surface area contributed by atoms with Gasteiger partial charge in [0, 0.05) is 6.04 Å². The SMILES string of the molecule is COc1ccc(OC(C)c2nnc(SCC(=O)Nc3ccccc3F)n2C(C)C)cc1. The first-order chi connectivity index (χ1) is 14.9. The van der Waals surface area contributed by atoms with Crippen LogP contribution in [0.4, 0.5) is 10.1 Å². The molecule has 0 aliphatic carbocycles. The number of halogens is 1. The van der Waals surface area contributed by atoms with E-state index < -0.39 is 5.82 Å². The van der Waals surface area contributed by atoms with E-state index >= 15 is 0 Å². The van der Waals surface area contributed by atoms with Gasteiger partial charge in [-0.3, -0.25) is 4.79 Å². The number of rotatable bonds is 9. The lowest BCUT2D eigenvalue weighted by molar-refractivity contribution is -0.113. The number of carbonyl (C=O) groups excluding carboxylic acids is 1. The van der Waals surface area contributed by atoms with Crippen LogP contribution in [0, 0.1) is 5.82 Å².